The molecule has 84 valence electrons. The van der Waals surface area contributed by atoms with Crippen molar-refractivity contribution in [3.63, 3.8) is 0 Å². The molecule has 0 saturated carbocycles. The van der Waals surface area contributed by atoms with E-state index < -0.39 is 42.8 Å². The van der Waals surface area contributed by atoms with Crippen LogP contribution in [0.25, 0.3) is 0 Å². The maximum absolute atomic E-state index is 13.2. The maximum Gasteiger partial charge on any atom is 0.237 e. The molecule has 0 spiro atoms. The number of benzene rings is 1. The number of rotatable bonds is 2. The topological polar surface area (TPSA) is 54.4 Å². The molecular formula is C7H4Cl2F2O3S. The van der Waals surface area contributed by atoms with Crippen LogP contribution in [0, 0.1) is 11.6 Å². The average molecular weight is 277 g/mol. The van der Waals surface area contributed by atoms with Crippen molar-refractivity contribution in [3.8, 4) is 5.75 Å². The fourth-order valence-corrected chi connectivity index (χ4v) is 2.05. The monoisotopic (exact) mass is 276 g/mol. The van der Waals surface area contributed by atoms with Gasteiger partial charge < -0.3 is 5.11 Å². The summed E-state index contributed by atoms with van der Waals surface area (Å²) >= 11 is 5.18. The smallest absolute Gasteiger partial charge is 0.237 e. The van der Waals surface area contributed by atoms with Crippen molar-refractivity contribution in [3.05, 3.63) is 28.3 Å². The van der Waals surface area contributed by atoms with Gasteiger partial charge in [0.25, 0.3) is 0 Å². The van der Waals surface area contributed by atoms with E-state index in [9.17, 15) is 17.2 Å². The van der Waals surface area contributed by atoms with Crippen LogP contribution in [0.1, 0.15) is 5.56 Å². The SMILES string of the molecule is O=S(=O)(Cl)Cc1c(O)cc(F)c(Cl)c1F. The highest BCUT2D eigenvalue weighted by Crippen LogP contribution is 2.31. The Hall–Kier alpha value is -0.590. The van der Waals surface area contributed by atoms with Gasteiger partial charge in [0.2, 0.25) is 9.05 Å². The summed E-state index contributed by atoms with van der Waals surface area (Å²) in [6.07, 6.45) is 0. The lowest BCUT2D eigenvalue weighted by atomic mass is 10.2. The van der Waals surface area contributed by atoms with E-state index in [-0.39, 0.29) is 0 Å². The summed E-state index contributed by atoms with van der Waals surface area (Å²) in [6.45, 7) is 0. The van der Waals surface area contributed by atoms with Crippen LogP contribution in [0.15, 0.2) is 6.07 Å². The van der Waals surface area contributed by atoms with E-state index in [0.717, 1.165) is 0 Å². The predicted molar refractivity (Wildman–Crippen MR) is 51.5 cm³/mol. The van der Waals surface area contributed by atoms with Crippen LogP contribution in [-0.2, 0) is 14.8 Å². The molecule has 1 aromatic carbocycles. The van der Waals surface area contributed by atoms with Crippen molar-refractivity contribution in [2.45, 2.75) is 5.75 Å². The highest BCUT2D eigenvalue weighted by molar-refractivity contribution is 8.13. The Balaban J connectivity index is 3.37. The molecule has 1 aromatic rings. The first-order valence-electron chi connectivity index (χ1n) is 3.50. The van der Waals surface area contributed by atoms with Gasteiger partial charge in [0, 0.05) is 22.3 Å². The summed E-state index contributed by atoms with van der Waals surface area (Å²) < 4.78 is 47.2. The number of phenolic OH excluding ortho intramolecular Hbond substituents is 1. The summed E-state index contributed by atoms with van der Waals surface area (Å²) in [5.41, 5.74) is -0.656. The van der Waals surface area contributed by atoms with Gasteiger partial charge in [-0.1, -0.05) is 11.6 Å². The molecule has 1 rings (SSSR count). The molecule has 0 radical (unpaired) electrons. The number of hydrogen-bond acceptors (Lipinski definition) is 3. The zero-order valence-electron chi connectivity index (χ0n) is 6.97. The summed E-state index contributed by atoms with van der Waals surface area (Å²) in [4.78, 5) is 0. The lowest BCUT2D eigenvalue weighted by Gasteiger charge is -2.06. The molecule has 0 unspecified atom stereocenters. The summed E-state index contributed by atoms with van der Waals surface area (Å²) in [6, 6.07) is 0.517. The Labute approximate surface area is 93.7 Å². The molecule has 3 nitrogen and oxygen atoms in total. The van der Waals surface area contributed by atoms with Crippen LogP contribution >= 0.6 is 22.3 Å². The third-order valence-corrected chi connectivity index (χ3v) is 2.86. The minimum absolute atomic E-state index is 0.517. The lowest BCUT2D eigenvalue weighted by molar-refractivity contribution is 0.452. The number of phenols is 1. The first-order chi connectivity index (χ1) is 6.72. The molecule has 0 saturated heterocycles. The second-order valence-electron chi connectivity index (χ2n) is 2.67. The standard InChI is InChI=1S/C7H4Cl2F2O3S/c8-6-4(10)1-5(12)3(7(6)11)2-15(9,13)14/h1,12H,2H2. The molecule has 0 bridgehead atoms. The lowest BCUT2D eigenvalue weighted by Crippen LogP contribution is -2.01. The van der Waals surface area contributed by atoms with E-state index in [4.69, 9.17) is 27.4 Å². The molecular weight excluding hydrogens is 273 g/mol. The first-order valence-corrected chi connectivity index (χ1v) is 6.35. The molecule has 0 aliphatic heterocycles. The largest absolute Gasteiger partial charge is 0.507 e. The summed E-state index contributed by atoms with van der Waals surface area (Å²) in [7, 11) is 0.801. The van der Waals surface area contributed by atoms with Crippen LogP contribution in [-0.4, -0.2) is 13.5 Å². The third kappa shape index (κ3) is 2.93. The van der Waals surface area contributed by atoms with Gasteiger partial charge in [0.05, 0.1) is 5.75 Å². The van der Waals surface area contributed by atoms with Gasteiger partial charge in [-0.05, 0) is 0 Å². The fraction of sp³-hybridized carbons (Fsp3) is 0.143. The normalized spacial score (nSPS) is 11.7. The average Bonchev–Trinajstić information content (AvgIpc) is 2.07. The van der Waals surface area contributed by atoms with Gasteiger partial charge in [0.1, 0.15) is 16.6 Å². The third-order valence-electron chi connectivity index (χ3n) is 1.56. The Morgan fingerprint density at radius 2 is 1.93 bits per heavy atom. The zero-order valence-corrected chi connectivity index (χ0v) is 9.30. The van der Waals surface area contributed by atoms with Gasteiger partial charge >= 0.3 is 0 Å². The van der Waals surface area contributed by atoms with E-state index in [1.807, 2.05) is 0 Å². The van der Waals surface area contributed by atoms with Crippen LogP contribution < -0.4 is 0 Å². The quantitative estimate of drug-likeness (QED) is 0.667. The first kappa shape index (κ1) is 12.5. The predicted octanol–water partition coefficient (Wildman–Crippen LogP) is 2.39. The summed E-state index contributed by atoms with van der Waals surface area (Å²) in [5, 5.41) is 8.21. The molecule has 0 amide bonds. The van der Waals surface area contributed by atoms with Gasteiger partial charge in [0.15, 0.2) is 5.82 Å². The Kier molecular flexibility index (Phi) is 3.42. The van der Waals surface area contributed by atoms with E-state index in [0.29, 0.717) is 6.07 Å². The Bertz CT molecular complexity index is 501. The molecule has 0 fully saturated rings. The van der Waals surface area contributed by atoms with Crippen molar-refractivity contribution in [1.29, 1.82) is 0 Å². The maximum atomic E-state index is 13.2. The molecule has 0 aliphatic carbocycles. The molecule has 0 aromatic heterocycles. The highest BCUT2D eigenvalue weighted by atomic mass is 35.7. The van der Waals surface area contributed by atoms with Crippen LogP contribution in [0.3, 0.4) is 0 Å². The van der Waals surface area contributed by atoms with E-state index in [1.54, 1.807) is 0 Å². The van der Waals surface area contributed by atoms with Crippen molar-refractivity contribution >= 4 is 31.3 Å². The summed E-state index contributed by atoms with van der Waals surface area (Å²) in [5.74, 6) is -4.33. The minimum atomic E-state index is -4.06. The second kappa shape index (κ2) is 4.11. The number of halogens is 4. The molecule has 15 heavy (non-hydrogen) atoms. The van der Waals surface area contributed by atoms with Crippen molar-refractivity contribution in [2.75, 3.05) is 0 Å². The van der Waals surface area contributed by atoms with Gasteiger partial charge in [-0.15, -0.1) is 0 Å². The molecule has 0 aliphatic rings. The molecule has 1 N–H and O–H groups in total. The van der Waals surface area contributed by atoms with Crippen molar-refractivity contribution in [1.82, 2.24) is 0 Å². The van der Waals surface area contributed by atoms with E-state index >= 15 is 0 Å². The van der Waals surface area contributed by atoms with Crippen LogP contribution in [0.5, 0.6) is 5.75 Å². The van der Waals surface area contributed by atoms with Crippen LogP contribution in [0.4, 0.5) is 8.78 Å². The molecule has 0 heterocycles. The minimum Gasteiger partial charge on any atom is -0.507 e. The number of aromatic hydroxyl groups is 1. The van der Waals surface area contributed by atoms with Gasteiger partial charge in [-0.25, -0.2) is 17.2 Å². The van der Waals surface area contributed by atoms with Gasteiger partial charge in [-0.2, -0.15) is 0 Å². The van der Waals surface area contributed by atoms with Crippen molar-refractivity contribution in [2.24, 2.45) is 0 Å². The van der Waals surface area contributed by atoms with Crippen LogP contribution in [0.2, 0.25) is 5.02 Å². The Morgan fingerprint density at radius 1 is 1.40 bits per heavy atom. The zero-order chi connectivity index (χ0) is 11.8. The highest BCUT2D eigenvalue weighted by Gasteiger charge is 2.21. The Morgan fingerprint density at radius 3 is 2.40 bits per heavy atom. The number of hydrogen-bond donors (Lipinski definition) is 1. The van der Waals surface area contributed by atoms with E-state index in [1.165, 1.54) is 0 Å². The second-order valence-corrected chi connectivity index (χ2v) is 5.82. The molecule has 0 atom stereocenters. The van der Waals surface area contributed by atoms with E-state index in [2.05, 4.69) is 0 Å². The molecule has 8 heteroatoms. The fourth-order valence-electron chi connectivity index (χ4n) is 0.930. The van der Waals surface area contributed by atoms with Crippen molar-refractivity contribution < 1.29 is 22.3 Å². The van der Waals surface area contributed by atoms with Gasteiger partial charge in [-0.3, -0.25) is 0 Å².